The molecule has 0 aliphatic heterocycles. The highest BCUT2D eigenvalue weighted by Crippen LogP contribution is 2.50. The fourth-order valence-electron chi connectivity index (χ4n) is 8.60. The monoisotopic (exact) mass is 793 g/mol. The molecule has 1 atom stereocenters. The van der Waals surface area contributed by atoms with Crippen molar-refractivity contribution in [2.75, 3.05) is 26.3 Å². The van der Waals surface area contributed by atoms with E-state index in [1.165, 1.54) is 167 Å². The molecule has 8 heteroatoms. The summed E-state index contributed by atoms with van der Waals surface area (Å²) < 4.78 is 11.4. The second-order valence-corrected chi connectivity index (χ2v) is 17.9. The Morgan fingerprint density at radius 2 is 0.929 bits per heavy atom. The molecule has 8 nitrogen and oxygen atoms in total. The molecular weight excluding hydrogens is 701 g/mol. The third-order valence-electron chi connectivity index (χ3n) is 11.9. The average molecular weight is 793 g/mol. The minimum Gasteiger partial charge on any atom is -0.450 e. The summed E-state index contributed by atoms with van der Waals surface area (Å²) in [4.78, 5) is 39.3. The minimum atomic E-state index is -1.05. The average Bonchev–Trinajstić information content (AvgIpc) is 3.17. The van der Waals surface area contributed by atoms with Gasteiger partial charge in [-0.05, 0) is 32.6 Å². The van der Waals surface area contributed by atoms with Crippen molar-refractivity contribution in [1.82, 2.24) is 10.6 Å². The number of nitrogens with one attached hydrogen (secondary N) is 2. The summed E-state index contributed by atoms with van der Waals surface area (Å²) in [6.45, 7) is 9.06. The van der Waals surface area contributed by atoms with Crippen LogP contribution in [-0.4, -0.2) is 60.9 Å². The van der Waals surface area contributed by atoms with E-state index in [4.69, 9.17) is 14.6 Å². The summed E-state index contributed by atoms with van der Waals surface area (Å²) in [5.74, 6) is -0.890. The van der Waals surface area contributed by atoms with Crippen molar-refractivity contribution in [1.29, 1.82) is 0 Å². The number of esters is 1. The predicted octanol–water partition coefficient (Wildman–Crippen LogP) is 12.2. The molecule has 1 aliphatic rings. The van der Waals surface area contributed by atoms with Crippen molar-refractivity contribution < 1.29 is 29.0 Å². The van der Waals surface area contributed by atoms with Gasteiger partial charge in [-0.15, -0.1) is 0 Å². The van der Waals surface area contributed by atoms with Crippen LogP contribution < -0.4 is 10.6 Å². The van der Waals surface area contributed by atoms with E-state index >= 15 is 0 Å². The SMILES string of the molecule is CCCCCCCCCCCCCCCCCCNC(=O)C(CNC(=O)C1(C)CC(C)(OCCO)C1)OC(=O)CCCCCCCCCCCCCCCCC. The van der Waals surface area contributed by atoms with Gasteiger partial charge in [0.2, 0.25) is 5.91 Å². The Morgan fingerprint density at radius 1 is 0.554 bits per heavy atom. The Hall–Kier alpha value is -1.67. The first-order valence-electron chi connectivity index (χ1n) is 24.2. The van der Waals surface area contributed by atoms with Crippen LogP contribution in [0.3, 0.4) is 0 Å². The zero-order valence-corrected chi connectivity index (χ0v) is 37.4. The van der Waals surface area contributed by atoms with Gasteiger partial charge in [0.05, 0.1) is 30.8 Å². The van der Waals surface area contributed by atoms with Crippen LogP contribution in [0.4, 0.5) is 0 Å². The third-order valence-corrected chi connectivity index (χ3v) is 11.9. The summed E-state index contributed by atoms with van der Waals surface area (Å²) in [5.41, 5.74) is -1.07. The van der Waals surface area contributed by atoms with Crippen LogP contribution in [0, 0.1) is 5.41 Å². The van der Waals surface area contributed by atoms with Crippen LogP contribution >= 0.6 is 0 Å². The van der Waals surface area contributed by atoms with Gasteiger partial charge in [-0.2, -0.15) is 0 Å². The molecule has 1 saturated carbocycles. The smallest absolute Gasteiger partial charge is 0.306 e. The van der Waals surface area contributed by atoms with Crippen LogP contribution in [0.1, 0.15) is 246 Å². The standard InChI is InChI=1S/C48H92N2O6/c1-5-7-9-11-13-15-17-19-21-23-25-27-29-31-33-35-37-49-45(53)43(40-50-46(54)47(3)41-48(4,42-47)55-39-38-51)56-44(52)36-34-32-30-28-26-24-22-20-18-16-14-12-10-8-6-2/h43,51H,5-42H2,1-4H3,(H,49,53)(H,50,54). The molecule has 0 saturated heterocycles. The van der Waals surface area contributed by atoms with E-state index in [-0.39, 0.29) is 44.0 Å². The van der Waals surface area contributed by atoms with Gasteiger partial charge in [-0.1, -0.05) is 207 Å². The van der Waals surface area contributed by atoms with E-state index in [0.717, 1.165) is 32.1 Å². The van der Waals surface area contributed by atoms with Gasteiger partial charge in [0.15, 0.2) is 6.10 Å². The normalized spacial score (nSPS) is 18.4. The number of ether oxygens (including phenoxy) is 2. The van der Waals surface area contributed by atoms with E-state index in [0.29, 0.717) is 19.4 Å². The van der Waals surface area contributed by atoms with Crippen molar-refractivity contribution in [3.8, 4) is 0 Å². The number of amides is 2. The summed E-state index contributed by atoms with van der Waals surface area (Å²) in [5, 5.41) is 15.0. The predicted molar refractivity (Wildman–Crippen MR) is 234 cm³/mol. The zero-order chi connectivity index (χ0) is 41.0. The van der Waals surface area contributed by atoms with Crippen LogP contribution in [0.5, 0.6) is 0 Å². The van der Waals surface area contributed by atoms with E-state index in [2.05, 4.69) is 24.5 Å². The van der Waals surface area contributed by atoms with Crippen molar-refractivity contribution in [3.63, 3.8) is 0 Å². The number of hydrogen-bond donors (Lipinski definition) is 3. The van der Waals surface area contributed by atoms with Crippen molar-refractivity contribution in [2.45, 2.75) is 258 Å². The molecule has 0 aromatic carbocycles. The lowest BCUT2D eigenvalue weighted by atomic mass is 9.60. The largest absolute Gasteiger partial charge is 0.450 e. The van der Waals surface area contributed by atoms with Crippen molar-refractivity contribution >= 4 is 17.8 Å². The number of aliphatic hydroxyl groups is 1. The van der Waals surface area contributed by atoms with E-state index < -0.39 is 17.1 Å². The number of rotatable bonds is 41. The number of aliphatic hydroxyl groups excluding tert-OH is 1. The summed E-state index contributed by atoms with van der Waals surface area (Å²) in [7, 11) is 0. The highest BCUT2D eigenvalue weighted by atomic mass is 16.5. The molecule has 1 aliphatic carbocycles. The molecule has 330 valence electrons. The Balaban J connectivity index is 2.31. The van der Waals surface area contributed by atoms with Gasteiger partial charge in [-0.25, -0.2) is 0 Å². The van der Waals surface area contributed by atoms with Gasteiger partial charge in [0.25, 0.3) is 5.91 Å². The van der Waals surface area contributed by atoms with Gasteiger partial charge in [0, 0.05) is 13.0 Å². The maximum absolute atomic E-state index is 13.2. The molecule has 3 N–H and O–H groups in total. The minimum absolute atomic E-state index is 0.0436. The third kappa shape index (κ3) is 27.9. The molecular formula is C48H92N2O6. The van der Waals surface area contributed by atoms with E-state index in [1.54, 1.807) is 0 Å². The maximum atomic E-state index is 13.2. The molecule has 56 heavy (non-hydrogen) atoms. The molecule has 2 amide bonds. The maximum Gasteiger partial charge on any atom is 0.306 e. The molecule has 0 radical (unpaired) electrons. The lowest BCUT2D eigenvalue weighted by molar-refractivity contribution is -0.175. The summed E-state index contributed by atoms with van der Waals surface area (Å²) in [6, 6.07) is 0. The number of hydrogen-bond acceptors (Lipinski definition) is 6. The quantitative estimate of drug-likeness (QED) is 0.0420. The first-order chi connectivity index (χ1) is 27.2. The summed E-state index contributed by atoms with van der Waals surface area (Å²) in [6.07, 6.45) is 40.0. The lowest BCUT2D eigenvalue weighted by Crippen LogP contribution is -2.58. The molecule has 0 spiro atoms. The van der Waals surface area contributed by atoms with Gasteiger partial charge < -0.3 is 25.2 Å². The Bertz CT molecular complexity index is 952. The number of carbonyl (C=O) groups excluding carboxylic acids is 3. The highest BCUT2D eigenvalue weighted by molar-refractivity contribution is 5.87. The number of unbranched alkanes of at least 4 members (excludes halogenated alkanes) is 29. The molecule has 1 fully saturated rings. The van der Waals surface area contributed by atoms with Crippen molar-refractivity contribution in [2.24, 2.45) is 5.41 Å². The van der Waals surface area contributed by atoms with Gasteiger partial charge >= 0.3 is 5.97 Å². The first-order valence-corrected chi connectivity index (χ1v) is 24.2. The Kier molecular flexibility index (Phi) is 33.0. The second kappa shape index (κ2) is 35.3. The Morgan fingerprint density at radius 3 is 1.32 bits per heavy atom. The molecule has 0 aromatic heterocycles. The highest BCUT2D eigenvalue weighted by Gasteiger charge is 2.54. The fourth-order valence-corrected chi connectivity index (χ4v) is 8.60. The molecule has 0 bridgehead atoms. The van der Waals surface area contributed by atoms with Crippen LogP contribution in [0.15, 0.2) is 0 Å². The van der Waals surface area contributed by atoms with E-state index in [9.17, 15) is 14.4 Å². The fraction of sp³-hybridized carbons (Fsp3) is 0.938. The molecule has 1 unspecified atom stereocenters. The zero-order valence-electron chi connectivity index (χ0n) is 37.4. The van der Waals surface area contributed by atoms with E-state index in [1.807, 2.05) is 13.8 Å². The molecule has 0 heterocycles. The summed E-state index contributed by atoms with van der Waals surface area (Å²) >= 11 is 0. The van der Waals surface area contributed by atoms with Gasteiger partial charge in [-0.3, -0.25) is 14.4 Å². The molecule has 1 rings (SSSR count). The van der Waals surface area contributed by atoms with Gasteiger partial charge in [0.1, 0.15) is 0 Å². The first kappa shape index (κ1) is 52.3. The van der Waals surface area contributed by atoms with Crippen molar-refractivity contribution in [3.05, 3.63) is 0 Å². The van der Waals surface area contributed by atoms with Crippen LogP contribution in [0.25, 0.3) is 0 Å². The topological polar surface area (TPSA) is 114 Å². The second-order valence-electron chi connectivity index (χ2n) is 17.9. The van der Waals surface area contributed by atoms with Crippen LogP contribution in [-0.2, 0) is 23.9 Å². The molecule has 0 aromatic rings. The number of carbonyl (C=O) groups is 3. The Labute approximate surface area is 345 Å². The van der Waals surface area contributed by atoms with Crippen LogP contribution in [0.2, 0.25) is 0 Å². The lowest BCUT2D eigenvalue weighted by Gasteiger charge is -2.51.